The zero-order valence-electron chi connectivity index (χ0n) is 12.5. The number of hydrogen-bond acceptors (Lipinski definition) is 2. The van der Waals surface area contributed by atoms with Crippen LogP contribution in [-0.2, 0) is 0 Å². The van der Waals surface area contributed by atoms with Crippen molar-refractivity contribution >= 4 is 28.0 Å². The van der Waals surface area contributed by atoms with Crippen LogP contribution in [0.4, 0.5) is 11.4 Å². The van der Waals surface area contributed by atoms with E-state index in [1.807, 2.05) is 6.07 Å². The third kappa shape index (κ3) is 1.92. The van der Waals surface area contributed by atoms with Crippen LogP contribution in [-0.4, -0.2) is 5.84 Å². The van der Waals surface area contributed by atoms with Crippen LogP contribution >= 0.6 is 0 Å². The van der Waals surface area contributed by atoms with Gasteiger partial charge in [-0.05, 0) is 40.8 Å². The molecule has 5 rings (SSSR count). The lowest BCUT2D eigenvalue weighted by Crippen LogP contribution is -2.15. The molecule has 0 fully saturated rings. The third-order valence-corrected chi connectivity index (χ3v) is 4.37. The van der Waals surface area contributed by atoms with Gasteiger partial charge in [0, 0.05) is 16.6 Å². The molecule has 0 atom stereocenters. The summed E-state index contributed by atoms with van der Waals surface area (Å²) in [5.74, 6) is 0.912. The molecule has 1 N–H and O–H groups in total. The predicted octanol–water partition coefficient (Wildman–Crippen LogP) is 5.45. The highest BCUT2D eigenvalue weighted by atomic mass is 15.0. The summed E-state index contributed by atoms with van der Waals surface area (Å²) >= 11 is 0. The number of rotatable bonds is 1. The fourth-order valence-electron chi connectivity index (χ4n) is 3.28. The van der Waals surface area contributed by atoms with Crippen LogP contribution in [0, 0.1) is 0 Å². The Morgan fingerprint density at radius 2 is 1.39 bits per heavy atom. The van der Waals surface area contributed by atoms with Gasteiger partial charge in [-0.3, -0.25) is 0 Å². The molecule has 0 spiro atoms. The highest BCUT2D eigenvalue weighted by Crippen LogP contribution is 2.37. The quantitative estimate of drug-likeness (QED) is 0.496. The maximum atomic E-state index is 4.85. The molecule has 108 valence electrons. The first-order valence-electron chi connectivity index (χ1n) is 7.75. The van der Waals surface area contributed by atoms with Crippen LogP contribution in [0.15, 0.2) is 83.9 Å². The smallest absolute Gasteiger partial charge is 0.138 e. The Morgan fingerprint density at radius 1 is 0.652 bits per heavy atom. The summed E-state index contributed by atoms with van der Waals surface area (Å²) in [5, 5.41) is 5.91. The van der Waals surface area contributed by atoms with Gasteiger partial charge in [0.25, 0.3) is 0 Å². The number of benzene rings is 2. The van der Waals surface area contributed by atoms with Crippen LogP contribution < -0.4 is 5.32 Å². The molecule has 0 bridgehead atoms. The predicted molar refractivity (Wildman–Crippen MR) is 96.8 cm³/mol. The molecule has 0 unspecified atom stereocenters. The molecular weight excluding hydrogens is 280 g/mol. The lowest BCUT2D eigenvalue weighted by Gasteiger charge is -2.18. The van der Waals surface area contributed by atoms with Gasteiger partial charge in [-0.1, -0.05) is 54.6 Å². The van der Waals surface area contributed by atoms with E-state index in [4.69, 9.17) is 4.99 Å². The van der Waals surface area contributed by atoms with Crippen molar-refractivity contribution in [3.8, 4) is 11.1 Å². The first kappa shape index (κ1) is 12.4. The molecule has 2 aromatic rings. The molecule has 0 saturated carbocycles. The second-order valence-corrected chi connectivity index (χ2v) is 5.83. The van der Waals surface area contributed by atoms with E-state index in [1.165, 1.54) is 21.9 Å². The van der Waals surface area contributed by atoms with Crippen molar-refractivity contribution in [1.82, 2.24) is 0 Å². The fraction of sp³-hybridized carbons (Fsp3) is 0. The maximum Gasteiger partial charge on any atom is 0.138 e. The zero-order valence-corrected chi connectivity index (χ0v) is 12.5. The van der Waals surface area contributed by atoms with E-state index in [0.29, 0.717) is 0 Å². The van der Waals surface area contributed by atoms with Crippen LogP contribution in [0.25, 0.3) is 21.9 Å². The molecule has 0 radical (unpaired) electrons. The second kappa shape index (κ2) is 4.68. The minimum atomic E-state index is 0.912. The van der Waals surface area contributed by atoms with E-state index in [2.05, 4.69) is 78.1 Å². The summed E-state index contributed by atoms with van der Waals surface area (Å²) < 4.78 is 0. The summed E-state index contributed by atoms with van der Waals surface area (Å²) in [6, 6.07) is 27.4. The van der Waals surface area contributed by atoms with E-state index < -0.39 is 0 Å². The Labute approximate surface area is 134 Å². The number of nitrogens with one attached hydrogen (secondary N) is 1. The van der Waals surface area contributed by atoms with Crippen molar-refractivity contribution in [3.63, 3.8) is 0 Å². The summed E-state index contributed by atoms with van der Waals surface area (Å²) in [4.78, 5) is 4.85. The number of anilines is 1. The van der Waals surface area contributed by atoms with Crippen LogP contribution in [0.1, 0.15) is 5.56 Å². The molecule has 0 saturated heterocycles. The van der Waals surface area contributed by atoms with Crippen molar-refractivity contribution in [1.29, 1.82) is 0 Å². The van der Waals surface area contributed by atoms with E-state index in [-0.39, 0.29) is 0 Å². The number of aliphatic imine (C=N–C) groups is 1. The average Bonchev–Trinajstić information content (AvgIpc) is 2.86. The Morgan fingerprint density at radius 3 is 2.17 bits per heavy atom. The normalized spacial score (nSPS) is 13.0. The number of amidine groups is 1. The largest absolute Gasteiger partial charge is 0.339 e. The van der Waals surface area contributed by atoms with Crippen molar-refractivity contribution < 1.29 is 0 Å². The Bertz CT molecular complexity index is 1010. The van der Waals surface area contributed by atoms with Crippen molar-refractivity contribution in [2.24, 2.45) is 4.99 Å². The van der Waals surface area contributed by atoms with Gasteiger partial charge in [0.05, 0.1) is 5.69 Å². The molecule has 0 aromatic heterocycles. The highest BCUT2D eigenvalue weighted by Gasteiger charge is 2.17. The van der Waals surface area contributed by atoms with Crippen molar-refractivity contribution in [3.05, 3.63) is 84.4 Å². The third-order valence-electron chi connectivity index (χ3n) is 4.37. The van der Waals surface area contributed by atoms with Crippen LogP contribution in [0.5, 0.6) is 0 Å². The summed E-state index contributed by atoms with van der Waals surface area (Å²) in [5.41, 5.74) is 5.73. The van der Waals surface area contributed by atoms with Gasteiger partial charge in [0.2, 0.25) is 0 Å². The Balaban J connectivity index is 1.71. The van der Waals surface area contributed by atoms with Crippen LogP contribution in [0.3, 0.4) is 0 Å². The zero-order chi connectivity index (χ0) is 15.2. The Kier molecular flexibility index (Phi) is 2.53. The van der Waals surface area contributed by atoms with Gasteiger partial charge in [-0.2, -0.15) is 0 Å². The number of fused-ring (bicyclic) bond motifs is 1. The standard InChI is InChI=1S/C21H14N2/c1-2-6-15-12-17(13-16(15)7-3-1)21-22-18-10-4-8-14-9-5-11-19(23-21)20(14)18/h1-13H,(H,22,23). The van der Waals surface area contributed by atoms with Gasteiger partial charge >= 0.3 is 0 Å². The summed E-state index contributed by atoms with van der Waals surface area (Å²) in [6.45, 7) is 0. The van der Waals surface area contributed by atoms with Crippen molar-refractivity contribution in [2.75, 3.05) is 5.32 Å². The van der Waals surface area contributed by atoms with Gasteiger partial charge in [-0.15, -0.1) is 0 Å². The lowest BCUT2D eigenvalue weighted by atomic mass is 10.0. The number of nitrogens with zero attached hydrogens (tertiary/aromatic N) is 1. The first-order valence-corrected chi connectivity index (χ1v) is 7.75. The summed E-state index contributed by atoms with van der Waals surface area (Å²) in [7, 11) is 0. The molecule has 3 aliphatic rings. The van der Waals surface area contributed by atoms with Gasteiger partial charge < -0.3 is 5.32 Å². The monoisotopic (exact) mass is 294 g/mol. The average molecular weight is 294 g/mol. The van der Waals surface area contributed by atoms with Crippen molar-refractivity contribution in [2.45, 2.75) is 0 Å². The van der Waals surface area contributed by atoms with E-state index in [0.717, 1.165) is 22.8 Å². The number of hydrogen-bond donors (Lipinski definition) is 1. The van der Waals surface area contributed by atoms with E-state index >= 15 is 0 Å². The second-order valence-electron chi connectivity index (χ2n) is 5.83. The maximum absolute atomic E-state index is 4.85. The molecule has 1 heterocycles. The summed E-state index contributed by atoms with van der Waals surface area (Å²) in [6.07, 6.45) is 0. The van der Waals surface area contributed by atoms with E-state index in [1.54, 1.807) is 0 Å². The highest BCUT2D eigenvalue weighted by molar-refractivity contribution is 6.19. The van der Waals surface area contributed by atoms with Crippen LogP contribution in [0.2, 0.25) is 0 Å². The molecule has 2 aromatic carbocycles. The molecule has 0 amide bonds. The van der Waals surface area contributed by atoms with Gasteiger partial charge in [0.15, 0.2) is 0 Å². The molecule has 1 aliphatic heterocycles. The van der Waals surface area contributed by atoms with Gasteiger partial charge in [-0.25, -0.2) is 4.99 Å². The van der Waals surface area contributed by atoms with Gasteiger partial charge in [0.1, 0.15) is 5.84 Å². The first-order chi connectivity index (χ1) is 11.4. The minimum Gasteiger partial charge on any atom is -0.339 e. The lowest BCUT2D eigenvalue weighted by molar-refractivity contribution is 1.48. The molecule has 2 aliphatic carbocycles. The molecule has 2 nitrogen and oxygen atoms in total. The fourth-order valence-corrected chi connectivity index (χ4v) is 3.28. The minimum absolute atomic E-state index is 0.912. The SMILES string of the molecule is c1ccc2cc(C3=Nc4cccc5cccc(c45)N3)cc-2cc1. The molecule has 23 heavy (non-hydrogen) atoms. The topological polar surface area (TPSA) is 24.4 Å². The molecule has 2 heteroatoms. The molecular formula is C21H14N2. The Hall–Kier alpha value is -3.13. The van der Waals surface area contributed by atoms with E-state index in [9.17, 15) is 0 Å².